The standard InChI is InChI=1S/C17H20FNO2/c1-3-13(19)10-12-4-9-17(16(18)11-12)21-15-7-5-14(20-2)6-8-15/h4-9,11,13H,3,10,19H2,1-2H3. The van der Waals surface area contributed by atoms with Crippen molar-refractivity contribution in [2.45, 2.75) is 25.8 Å². The molecule has 0 saturated heterocycles. The third-order valence-electron chi connectivity index (χ3n) is 3.31. The number of benzene rings is 2. The van der Waals surface area contributed by atoms with Gasteiger partial charge in [-0.05, 0) is 54.8 Å². The highest BCUT2D eigenvalue weighted by molar-refractivity contribution is 5.37. The van der Waals surface area contributed by atoms with Crippen LogP contribution in [-0.2, 0) is 6.42 Å². The Morgan fingerprint density at radius 1 is 1.10 bits per heavy atom. The molecule has 0 amide bonds. The topological polar surface area (TPSA) is 44.5 Å². The van der Waals surface area contributed by atoms with Crippen molar-refractivity contribution < 1.29 is 13.9 Å². The first-order valence-electron chi connectivity index (χ1n) is 6.98. The number of hydrogen-bond donors (Lipinski definition) is 1. The molecule has 0 aliphatic heterocycles. The lowest BCUT2D eigenvalue weighted by Crippen LogP contribution is -2.21. The summed E-state index contributed by atoms with van der Waals surface area (Å²) in [6, 6.07) is 12.0. The maximum absolute atomic E-state index is 14.0. The van der Waals surface area contributed by atoms with Crippen LogP contribution in [0.5, 0.6) is 17.2 Å². The van der Waals surface area contributed by atoms with Gasteiger partial charge in [0.15, 0.2) is 11.6 Å². The van der Waals surface area contributed by atoms with Crippen molar-refractivity contribution in [2.24, 2.45) is 5.73 Å². The van der Waals surface area contributed by atoms with E-state index in [1.165, 1.54) is 6.07 Å². The van der Waals surface area contributed by atoms with Crippen LogP contribution < -0.4 is 15.2 Å². The predicted molar refractivity (Wildman–Crippen MR) is 81.4 cm³/mol. The average Bonchev–Trinajstić information content (AvgIpc) is 2.50. The zero-order chi connectivity index (χ0) is 15.2. The van der Waals surface area contributed by atoms with Gasteiger partial charge in [0.05, 0.1) is 7.11 Å². The van der Waals surface area contributed by atoms with Gasteiger partial charge in [-0.15, -0.1) is 0 Å². The van der Waals surface area contributed by atoms with E-state index in [1.807, 2.05) is 13.0 Å². The summed E-state index contributed by atoms with van der Waals surface area (Å²) in [4.78, 5) is 0. The SMILES string of the molecule is CCC(N)Cc1ccc(Oc2ccc(OC)cc2)c(F)c1. The first kappa shape index (κ1) is 15.3. The highest BCUT2D eigenvalue weighted by atomic mass is 19.1. The molecular formula is C17H20FNO2. The van der Waals surface area contributed by atoms with Crippen molar-refractivity contribution in [1.82, 2.24) is 0 Å². The Balaban J connectivity index is 2.09. The number of halogens is 1. The molecule has 0 aliphatic carbocycles. The highest BCUT2D eigenvalue weighted by Gasteiger charge is 2.08. The Morgan fingerprint density at radius 3 is 2.33 bits per heavy atom. The van der Waals surface area contributed by atoms with Crippen LogP contribution in [0.4, 0.5) is 4.39 Å². The van der Waals surface area contributed by atoms with E-state index < -0.39 is 0 Å². The van der Waals surface area contributed by atoms with E-state index in [9.17, 15) is 4.39 Å². The highest BCUT2D eigenvalue weighted by Crippen LogP contribution is 2.27. The van der Waals surface area contributed by atoms with E-state index in [0.29, 0.717) is 12.2 Å². The first-order chi connectivity index (χ1) is 10.1. The van der Waals surface area contributed by atoms with E-state index >= 15 is 0 Å². The smallest absolute Gasteiger partial charge is 0.165 e. The molecule has 0 aliphatic rings. The largest absolute Gasteiger partial charge is 0.497 e. The number of methoxy groups -OCH3 is 1. The Bertz CT molecular complexity index is 584. The molecule has 1 unspecified atom stereocenters. The maximum Gasteiger partial charge on any atom is 0.165 e. The monoisotopic (exact) mass is 289 g/mol. The molecule has 1 atom stereocenters. The molecule has 2 N–H and O–H groups in total. The Labute approximate surface area is 124 Å². The van der Waals surface area contributed by atoms with Gasteiger partial charge in [-0.25, -0.2) is 4.39 Å². The van der Waals surface area contributed by atoms with Crippen LogP contribution >= 0.6 is 0 Å². The van der Waals surface area contributed by atoms with Crippen LogP contribution in [-0.4, -0.2) is 13.2 Å². The van der Waals surface area contributed by atoms with Crippen molar-refractivity contribution in [2.75, 3.05) is 7.11 Å². The molecule has 0 radical (unpaired) electrons. The van der Waals surface area contributed by atoms with E-state index in [4.69, 9.17) is 15.2 Å². The van der Waals surface area contributed by atoms with Crippen LogP contribution in [0.25, 0.3) is 0 Å². The van der Waals surface area contributed by atoms with Crippen molar-refractivity contribution >= 4 is 0 Å². The van der Waals surface area contributed by atoms with Crippen molar-refractivity contribution in [3.63, 3.8) is 0 Å². The Hall–Kier alpha value is -2.07. The molecule has 2 rings (SSSR count). The van der Waals surface area contributed by atoms with Gasteiger partial charge in [0.2, 0.25) is 0 Å². The predicted octanol–water partition coefficient (Wildman–Crippen LogP) is 3.91. The fourth-order valence-electron chi connectivity index (χ4n) is 1.97. The summed E-state index contributed by atoms with van der Waals surface area (Å²) in [6.45, 7) is 2.02. The average molecular weight is 289 g/mol. The lowest BCUT2D eigenvalue weighted by Gasteiger charge is -2.11. The molecule has 0 bridgehead atoms. The molecule has 0 heterocycles. The van der Waals surface area contributed by atoms with Gasteiger partial charge in [0.1, 0.15) is 11.5 Å². The Kier molecular flexibility index (Phi) is 5.17. The summed E-state index contributed by atoms with van der Waals surface area (Å²) >= 11 is 0. The Morgan fingerprint density at radius 2 is 1.76 bits per heavy atom. The van der Waals surface area contributed by atoms with Crippen molar-refractivity contribution in [3.05, 3.63) is 53.8 Å². The number of nitrogens with two attached hydrogens (primary N) is 1. The molecule has 0 saturated carbocycles. The van der Waals surface area contributed by atoms with Gasteiger partial charge >= 0.3 is 0 Å². The van der Waals surface area contributed by atoms with Gasteiger partial charge in [0.25, 0.3) is 0 Å². The van der Waals surface area contributed by atoms with Gasteiger partial charge in [0, 0.05) is 6.04 Å². The van der Waals surface area contributed by atoms with Crippen LogP contribution in [0.3, 0.4) is 0 Å². The second-order valence-electron chi connectivity index (χ2n) is 4.91. The zero-order valence-electron chi connectivity index (χ0n) is 12.3. The minimum atomic E-state index is -0.383. The van der Waals surface area contributed by atoms with Crippen molar-refractivity contribution in [3.8, 4) is 17.2 Å². The van der Waals surface area contributed by atoms with E-state index in [1.54, 1.807) is 37.4 Å². The summed E-state index contributed by atoms with van der Waals surface area (Å²) in [5.74, 6) is 1.11. The third kappa shape index (κ3) is 4.20. The van der Waals surface area contributed by atoms with Crippen LogP contribution in [0.15, 0.2) is 42.5 Å². The van der Waals surface area contributed by atoms with E-state index in [-0.39, 0.29) is 17.6 Å². The van der Waals surface area contributed by atoms with Gasteiger partial charge in [-0.1, -0.05) is 13.0 Å². The second kappa shape index (κ2) is 7.09. The lowest BCUT2D eigenvalue weighted by molar-refractivity contribution is 0.411. The third-order valence-corrected chi connectivity index (χ3v) is 3.31. The summed E-state index contributed by atoms with van der Waals surface area (Å²) in [7, 11) is 1.59. The number of ether oxygens (including phenoxy) is 2. The second-order valence-corrected chi connectivity index (χ2v) is 4.91. The van der Waals surface area contributed by atoms with Crippen LogP contribution in [0.2, 0.25) is 0 Å². The van der Waals surface area contributed by atoms with Crippen LogP contribution in [0.1, 0.15) is 18.9 Å². The summed E-state index contributed by atoms with van der Waals surface area (Å²) in [6.07, 6.45) is 1.53. The van der Waals surface area contributed by atoms with E-state index in [2.05, 4.69) is 0 Å². The zero-order valence-corrected chi connectivity index (χ0v) is 12.3. The molecule has 0 spiro atoms. The molecule has 2 aromatic carbocycles. The number of hydrogen-bond acceptors (Lipinski definition) is 3. The minimum Gasteiger partial charge on any atom is -0.497 e. The van der Waals surface area contributed by atoms with Crippen LogP contribution in [0, 0.1) is 5.82 Å². The molecule has 3 nitrogen and oxygen atoms in total. The van der Waals surface area contributed by atoms with Gasteiger partial charge in [-0.3, -0.25) is 0 Å². The van der Waals surface area contributed by atoms with Gasteiger partial charge < -0.3 is 15.2 Å². The summed E-state index contributed by atoms with van der Waals surface area (Å²) in [5, 5.41) is 0. The number of rotatable bonds is 6. The summed E-state index contributed by atoms with van der Waals surface area (Å²) < 4.78 is 24.6. The molecule has 21 heavy (non-hydrogen) atoms. The van der Waals surface area contributed by atoms with E-state index in [0.717, 1.165) is 17.7 Å². The molecular weight excluding hydrogens is 269 g/mol. The normalized spacial score (nSPS) is 12.0. The maximum atomic E-state index is 14.0. The molecule has 0 fully saturated rings. The molecule has 112 valence electrons. The molecule has 4 heteroatoms. The quantitative estimate of drug-likeness (QED) is 0.877. The fraction of sp³-hybridized carbons (Fsp3) is 0.294. The minimum absolute atomic E-state index is 0.0535. The molecule has 2 aromatic rings. The fourth-order valence-corrected chi connectivity index (χ4v) is 1.97. The first-order valence-corrected chi connectivity index (χ1v) is 6.98. The lowest BCUT2D eigenvalue weighted by atomic mass is 10.0. The van der Waals surface area contributed by atoms with Gasteiger partial charge in [-0.2, -0.15) is 0 Å². The summed E-state index contributed by atoms with van der Waals surface area (Å²) in [5.41, 5.74) is 6.76. The van der Waals surface area contributed by atoms with Crippen molar-refractivity contribution in [1.29, 1.82) is 0 Å². The molecule has 0 aromatic heterocycles.